The number of carbonyl (C=O) groups is 2. The van der Waals surface area contributed by atoms with Crippen LogP contribution in [0.25, 0.3) is 0 Å². The van der Waals surface area contributed by atoms with Crippen LogP contribution in [0.5, 0.6) is 0 Å². The quantitative estimate of drug-likeness (QED) is 0.606. The number of hydrogen-bond donors (Lipinski definition) is 0. The lowest BCUT2D eigenvalue weighted by molar-refractivity contribution is 0.100. The van der Waals surface area contributed by atoms with Crippen molar-refractivity contribution < 1.29 is 9.59 Å². The molecule has 3 aromatic rings. The summed E-state index contributed by atoms with van der Waals surface area (Å²) in [6, 6.07) is 21.8. The van der Waals surface area contributed by atoms with Gasteiger partial charge in [-0.05, 0) is 48.5 Å². The van der Waals surface area contributed by atoms with Crippen molar-refractivity contribution >= 4 is 22.9 Å². The van der Waals surface area contributed by atoms with Gasteiger partial charge in [-0.2, -0.15) is 0 Å². The minimum atomic E-state index is -0.154. The molecule has 0 amide bonds. The zero-order chi connectivity index (χ0) is 20.3. The highest BCUT2D eigenvalue weighted by atomic mass is 16.1. The van der Waals surface area contributed by atoms with Gasteiger partial charge in [0.2, 0.25) is 0 Å². The number of carbonyl (C=O) groups excluding carboxylic acids is 2. The lowest BCUT2D eigenvalue weighted by atomic mass is 9.93. The first kappa shape index (κ1) is 19.4. The maximum atomic E-state index is 13.1. The van der Waals surface area contributed by atoms with Gasteiger partial charge in [-0.3, -0.25) is 9.59 Å². The third-order valence-electron chi connectivity index (χ3n) is 4.71. The van der Waals surface area contributed by atoms with Gasteiger partial charge in [-0.1, -0.05) is 24.3 Å². The second-order valence-corrected chi connectivity index (χ2v) is 7.09. The van der Waals surface area contributed by atoms with Gasteiger partial charge in [0.05, 0.1) is 0 Å². The molecule has 0 heterocycles. The zero-order valence-corrected chi connectivity index (χ0v) is 16.6. The molecule has 0 saturated heterocycles. The third kappa shape index (κ3) is 3.96. The number of nitrogens with zero attached hydrogens (tertiary/aromatic N) is 2. The molecular formula is C24H24N2O2. The molecule has 0 radical (unpaired) electrons. The summed E-state index contributed by atoms with van der Waals surface area (Å²) in [6.07, 6.45) is 0. The number of anilines is 2. The first-order valence-corrected chi connectivity index (χ1v) is 9.11. The van der Waals surface area contributed by atoms with E-state index >= 15 is 0 Å². The lowest BCUT2D eigenvalue weighted by Gasteiger charge is -2.14. The fraction of sp³-hybridized carbons (Fsp3) is 0.167. The highest BCUT2D eigenvalue weighted by Crippen LogP contribution is 2.21. The standard InChI is InChI=1S/C24H24N2O2/c1-25(2)19-13-9-17(10-14-19)23(27)21-7-5-6-8-22(21)24(28)18-11-15-20(16-12-18)26(3)4/h5-16H,1-4H3. The minimum absolute atomic E-state index is 0.154. The monoisotopic (exact) mass is 372 g/mol. The van der Waals surface area contributed by atoms with Crippen LogP contribution < -0.4 is 9.80 Å². The van der Waals surface area contributed by atoms with Gasteiger partial charge in [-0.15, -0.1) is 0 Å². The molecule has 0 fully saturated rings. The van der Waals surface area contributed by atoms with Crippen LogP contribution in [0.15, 0.2) is 72.8 Å². The largest absolute Gasteiger partial charge is 0.378 e. The SMILES string of the molecule is CN(C)c1ccc(C(=O)c2ccccc2C(=O)c2ccc(N(C)C)cc2)cc1. The first-order chi connectivity index (χ1) is 13.4. The Morgan fingerprint density at radius 2 is 0.857 bits per heavy atom. The number of hydrogen-bond acceptors (Lipinski definition) is 4. The van der Waals surface area contributed by atoms with Gasteiger partial charge >= 0.3 is 0 Å². The van der Waals surface area contributed by atoms with E-state index < -0.39 is 0 Å². The molecular weight excluding hydrogens is 348 g/mol. The van der Waals surface area contributed by atoms with Crippen LogP contribution in [0.3, 0.4) is 0 Å². The van der Waals surface area contributed by atoms with Crippen molar-refractivity contribution in [2.75, 3.05) is 38.0 Å². The molecule has 0 spiro atoms. The Morgan fingerprint density at radius 1 is 0.536 bits per heavy atom. The topological polar surface area (TPSA) is 40.6 Å². The molecule has 142 valence electrons. The Bertz CT molecular complexity index is 905. The number of ketones is 2. The van der Waals surface area contributed by atoms with Crippen molar-refractivity contribution in [3.63, 3.8) is 0 Å². The van der Waals surface area contributed by atoms with Gasteiger partial charge in [-0.25, -0.2) is 0 Å². The summed E-state index contributed by atoms with van der Waals surface area (Å²) < 4.78 is 0. The van der Waals surface area contributed by atoms with Crippen molar-refractivity contribution in [1.29, 1.82) is 0 Å². The molecule has 0 aliphatic carbocycles. The van der Waals surface area contributed by atoms with E-state index in [2.05, 4.69) is 0 Å². The maximum absolute atomic E-state index is 13.1. The van der Waals surface area contributed by atoms with E-state index in [1.165, 1.54) is 0 Å². The van der Waals surface area contributed by atoms with Crippen LogP contribution in [0, 0.1) is 0 Å². The molecule has 0 unspecified atom stereocenters. The second kappa shape index (κ2) is 8.09. The van der Waals surface area contributed by atoms with Crippen molar-refractivity contribution in [1.82, 2.24) is 0 Å². The summed E-state index contributed by atoms with van der Waals surface area (Å²) in [5.74, 6) is -0.307. The molecule has 0 N–H and O–H groups in total. The Balaban J connectivity index is 1.94. The number of benzene rings is 3. The summed E-state index contributed by atoms with van der Waals surface area (Å²) in [4.78, 5) is 30.1. The van der Waals surface area contributed by atoms with Gasteiger partial charge in [0.15, 0.2) is 11.6 Å². The van der Waals surface area contributed by atoms with Crippen LogP contribution in [0.2, 0.25) is 0 Å². The smallest absolute Gasteiger partial charge is 0.193 e. The summed E-state index contributed by atoms with van der Waals surface area (Å²) in [5.41, 5.74) is 4.00. The van der Waals surface area contributed by atoms with Crippen LogP contribution in [0.4, 0.5) is 11.4 Å². The Morgan fingerprint density at radius 3 is 1.14 bits per heavy atom. The van der Waals surface area contributed by atoms with Crippen LogP contribution in [-0.2, 0) is 0 Å². The van der Waals surface area contributed by atoms with Gasteiger partial charge in [0.1, 0.15) is 0 Å². The van der Waals surface area contributed by atoms with E-state index in [9.17, 15) is 9.59 Å². The summed E-state index contributed by atoms with van der Waals surface area (Å²) >= 11 is 0. The summed E-state index contributed by atoms with van der Waals surface area (Å²) in [5, 5.41) is 0. The highest BCUT2D eigenvalue weighted by molar-refractivity contribution is 6.19. The van der Waals surface area contributed by atoms with E-state index in [0.29, 0.717) is 22.3 Å². The Hall–Kier alpha value is -3.40. The first-order valence-electron chi connectivity index (χ1n) is 9.11. The molecule has 0 aliphatic heterocycles. The molecule has 4 nitrogen and oxygen atoms in total. The predicted molar refractivity (Wildman–Crippen MR) is 115 cm³/mol. The second-order valence-electron chi connectivity index (χ2n) is 7.09. The van der Waals surface area contributed by atoms with Crippen molar-refractivity contribution in [3.8, 4) is 0 Å². The van der Waals surface area contributed by atoms with E-state index in [-0.39, 0.29) is 11.6 Å². The molecule has 3 rings (SSSR count). The van der Waals surface area contributed by atoms with Crippen molar-refractivity contribution in [3.05, 3.63) is 95.1 Å². The number of rotatable bonds is 6. The highest BCUT2D eigenvalue weighted by Gasteiger charge is 2.19. The molecule has 0 aliphatic rings. The normalized spacial score (nSPS) is 10.4. The average Bonchev–Trinajstić information content (AvgIpc) is 2.72. The van der Waals surface area contributed by atoms with Gasteiger partial charge < -0.3 is 9.80 Å². The molecule has 3 aromatic carbocycles. The van der Waals surface area contributed by atoms with Gasteiger partial charge in [0.25, 0.3) is 0 Å². The molecule has 0 saturated carbocycles. The van der Waals surface area contributed by atoms with Gasteiger partial charge in [0, 0.05) is 61.8 Å². The van der Waals surface area contributed by atoms with E-state index in [1.807, 2.05) is 62.3 Å². The fourth-order valence-electron chi connectivity index (χ4n) is 3.01. The lowest BCUT2D eigenvalue weighted by Crippen LogP contribution is -2.12. The minimum Gasteiger partial charge on any atom is -0.378 e. The van der Waals surface area contributed by atoms with E-state index in [4.69, 9.17) is 0 Å². The molecule has 4 heteroatoms. The van der Waals surface area contributed by atoms with Crippen LogP contribution in [0.1, 0.15) is 31.8 Å². The predicted octanol–water partition coefficient (Wildman–Crippen LogP) is 4.28. The van der Waals surface area contributed by atoms with E-state index in [1.54, 1.807) is 48.5 Å². The van der Waals surface area contributed by atoms with Crippen LogP contribution in [-0.4, -0.2) is 39.8 Å². The fourth-order valence-corrected chi connectivity index (χ4v) is 3.01. The molecule has 28 heavy (non-hydrogen) atoms. The Kier molecular flexibility index (Phi) is 5.59. The summed E-state index contributed by atoms with van der Waals surface area (Å²) in [7, 11) is 7.80. The summed E-state index contributed by atoms with van der Waals surface area (Å²) in [6.45, 7) is 0. The molecule has 0 bridgehead atoms. The molecule has 0 atom stereocenters. The Labute approximate surface area is 166 Å². The maximum Gasteiger partial charge on any atom is 0.193 e. The molecule has 0 aromatic heterocycles. The zero-order valence-electron chi connectivity index (χ0n) is 16.6. The average molecular weight is 372 g/mol. The third-order valence-corrected chi connectivity index (χ3v) is 4.71. The van der Waals surface area contributed by atoms with Crippen molar-refractivity contribution in [2.24, 2.45) is 0 Å². The van der Waals surface area contributed by atoms with E-state index in [0.717, 1.165) is 11.4 Å². The van der Waals surface area contributed by atoms with Crippen LogP contribution >= 0.6 is 0 Å². The van der Waals surface area contributed by atoms with Crippen molar-refractivity contribution in [2.45, 2.75) is 0 Å².